The van der Waals surface area contributed by atoms with Crippen LogP contribution in [0, 0.1) is 0 Å². The Hall–Kier alpha value is -4.17. The summed E-state index contributed by atoms with van der Waals surface area (Å²) in [4.78, 5) is 45.0. The topological polar surface area (TPSA) is 85.0 Å². The van der Waals surface area contributed by atoms with E-state index in [9.17, 15) is 14.4 Å². The Morgan fingerprint density at radius 2 is 1.29 bits per heavy atom. The molecule has 0 spiro atoms. The summed E-state index contributed by atoms with van der Waals surface area (Å²) in [5, 5.41) is 6.34. The van der Waals surface area contributed by atoms with Gasteiger partial charge in [-0.05, 0) is 35.9 Å². The van der Waals surface area contributed by atoms with Gasteiger partial charge in [0.25, 0.3) is 11.8 Å². The molecule has 2 saturated heterocycles. The maximum Gasteiger partial charge on any atom is 0.254 e. The quantitative estimate of drug-likeness (QED) is 0.532. The summed E-state index contributed by atoms with van der Waals surface area (Å²) >= 11 is 0. The van der Waals surface area contributed by atoms with Crippen molar-refractivity contribution in [2.45, 2.75) is 6.42 Å². The second kappa shape index (κ2) is 11.9. The third-order valence-corrected chi connectivity index (χ3v) is 7.06. The van der Waals surface area contributed by atoms with Crippen LogP contribution in [0.3, 0.4) is 0 Å². The Bertz CT molecular complexity index is 1270. The van der Waals surface area contributed by atoms with Crippen molar-refractivity contribution in [2.24, 2.45) is 0 Å². The highest BCUT2D eigenvalue weighted by Crippen LogP contribution is 2.29. The third kappa shape index (κ3) is 6.03. The first-order valence-electron chi connectivity index (χ1n) is 13.2. The maximum absolute atomic E-state index is 13.2. The molecule has 38 heavy (non-hydrogen) atoms. The number of piperazine rings is 2. The lowest BCUT2D eigenvalue weighted by atomic mass is 10.1. The molecule has 2 N–H and O–H groups in total. The van der Waals surface area contributed by atoms with E-state index in [4.69, 9.17) is 0 Å². The minimum absolute atomic E-state index is 0.0265. The van der Waals surface area contributed by atoms with E-state index in [1.807, 2.05) is 82.6 Å². The maximum atomic E-state index is 13.2. The molecule has 5 rings (SSSR count). The third-order valence-electron chi connectivity index (χ3n) is 7.06. The molecule has 2 aliphatic rings. The monoisotopic (exact) mass is 511 g/mol. The minimum atomic E-state index is -0.137. The van der Waals surface area contributed by atoms with Gasteiger partial charge in [-0.15, -0.1) is 0 Å². The van der Waals surface area contributed by atoms with Crippen LogP contribution in [0.2, 0.25) is 0 Å². The molecule has 0 bridgehead atoms. The zero-order valence-corrected chi connectivity index (χ0v) is 21.4. The number of carbonyl (C=O) groups excluding carboxylic acids is 3. The molecule has 3 amide bonds. The van der Waals surface area contributed by atoms with Gasteiger partial charge in [0.05, 0.1) is 17.8 Å². The summed E-state index contributed by atoms with van der Waals surface area (Å²) < 4.78 is 0. The number of anilines is 2. The molecule has 3 aromatic carbocycles. The lowest BCUT2D eigenvalue weighted by Gasteiger charge is -2.37. The normalized spacial score (nSPS) is 15.7. The molecule has 0 atom stereocenters. The summed E-state index contributed by atoms with van der Waals surface area (Å²) in [5.41, 5.74) is 3.65. The molecule has 0 radical (unpaired) electrons. The van der Waals surface area contributed by atoms with Gasteiger partial charge in [0.2, 0.25) is 5.91 Å². The molecule has 2 heterocycles. The van der Waals surface area contributed by atoms with Crippen LogP contribution in [0.1, 0.15) is 26.3 Å². The van der Waals surface area contributed by atoms with Gasteiger partial charge in [-0.2, -0.15) is 0 Å². The van der Waals surface area contributed by atoms with Crippen molar-refractivity contribution in [1.82, 2.24) is 15.1 Å². The zero-order valence-electron chi connectivity index (χ0n) is 21.4. The number of rotatable bonds is 6. The van der Waals surface area contributed by atoms with Crippen LogP contribution in [0.4, 0.5) is 11.4 Å². The van der Waals surface area contributed by atoms with Gasteiger partial charge in [-0.3, -0.25) is 14.4 Å². The van der Waals surface area contributed by atoms with Crippen molar-refractivity contribution < 1.29 is 14.4 Å². The molecule has 0 aromatic heterocycles. The van der Waals surface area contributed by atoms with Crippen LogP contribution < -0.4 is 15.5 Å². The van der Waals surface area contributed by atoms with E-state index in [0.29, 0.717) is 56.1 Å². The summed E-state index contributed by atoms with van der Waals surface area (Å²) in [6, 6.07) is 24.5. The Morgan fingerprint density at radius 3 is 1.97 bits per heavy atom. The van der Waals surface area contributed by atoms with E-state index in [0.717, 1.165) is 24.3 Å². The van der Waals surface area contributed by atoms with Gasteiger partial charge in [-0.1, -0.05) is 48.5 Å². The summed E-state index contributed by atoms with van der Waals surface area (Å²) in [7, 11) is 0. The highest BCUT2D eigenvalue weighted by molar-refractivity contribution is 6.00. The van der Waals surface area contributed by atoms with Crippen LogP contribution >= 0.6 is 0 Å². The molecular weight excluding hydrogens is 478 g/mol. The summed E-state index contributed by atoms with van der Waals surface area (Å²) in [6.45, 7) is 5.28. The van der Waals surface area contributed by atoms with Crippen LogP contribution in [0.15, 0.2) is 78.9 Å². The van der Waals surface area contributed by atoms with E-state index < -0.39 is 0 Å². The van der Waals surface area contributed by atoms with Crippen molar-refractivity contribution in [3.8, 4) is 0 Å². The number of amides is 3. The first-order valence-corrected chi connectivity index (χ1v) is 13.2. The number of nitrogens with one attached hydrogen (secondary N) is 2. The number of hydrogen-bond acceptors (Lipinski definition) is 5. The largest absolute Gasteiger partial charge is 0.366 e. The average Bonchev–Trinajstić information content (AvgIpc) is 2.98. The fraction of sp³-hybridized carbons (Fsp3) is 0.300. The molecule has 0 unspecified atom stereocenters. The van der Waals surface area contributed by atoms with E-state index in [2.05, 4.69) is 15.5 Å². The summed E-state index contributed by atoms with van der Waals surface area (Å²) in [6.07, 6.45) is 0.246. The van der Waals surface area contributed by atoms with Gasteiger partial charge in [0.1, 0.15) is 0 Å². The van der Waals surface area contributed by atoms with Gasteiger partial charge in [-0.25, -0.2) is 0 Å². The molecule has 0 aliphatic carbocycles. The Kier molecular flexibility index (Phi) is 7.99. The number of hydrogen-bond donors (Lipinski definition) is 2. The molecule has 8 heteroatoms. The average molecular weight is 512 g/mol. The molecule has 196 valence electrons. The highest BCUT2D eigenvalue weighted by atomic mass is 16.2. The van der Waals surface area contributed by atoms with Crippen LogP contribution in [-0.4, -0.2) is 79.9 Å². The molecule has 3 aromatic rings. The van der Waals surface area contributed by atoms with Gasteiger partial charge in [0.15, 0.2) is 0 Å². The zero-order chi connectivity index (χ0) is 26.3. The highest BCUT2D eigenvalue weighted by Gasteiger charge is 2.25. The molecule has 0 saturated carbocycles. The van der Waals surface area contributed by atoms with Gasteiger partial charge >= 0.3 is 0 Å². The van der Waals surface area contributed by atoms with Crippen molar-refractivity contribution in [3.63, 3.8) is 0 Å². The minimum Gasteiger partial charge on any atom is -0.366 e. The fourth-order valence-electron chi connectivity index (χ4n) is 4.98. The fourth-order valence-corrected chi connectivity index (χ4v) is 4.98. The smallest absolute Gasteiger partial charge is 0.254 e. The number of carbonyl (C=O) groups is 3. The van der Waals surface area contributed by atoms with Crippen LogP contribution in [0.25, 0.3) is 0 Å². The number of benzene rings is 3. The second-order valence-corrected chi connectivity index (χ2v) is 9.63. The van der Waals surface area contributed by atoms with Crippen molar-refractivity contribution in [2.75, 3.05) is 62.6 Å². The van der Waals surface area contributed by atoms with Crippen molar-refractivity contribution >= 4 is 29.1 Å². The van der Waals surface area contributed by atoms with E-state index in [-0.39, 0.29) is 24.1 Å². The lowest BCUT2D eigenvalue weighted by molar-refractivity contribution is -0.115. The predicted molar refractivity (Wildman–Crippen MR) is 149 cm³/mol. The van der Waals surface area contributed by atoms with Gasteiger partial charge < -0.3 is 25.3 Å². The Balaban J connectivity index is 1.34. The molecular formula is C30H33N5O3. The van der Waals surface area contributed by atoms with Crippen molar-refractivity contribution in [1.29, 1.82) is 0 Å². The van der Waals surface area contributed by atoms with Crippen LogP contribution in [0.5, 0.6) is 0 Å². The van der Waals surface area contributed by atoms with E-state index in [1.165, 1.54) is 0 Å². The predicted octanol–water partition coefficient (Wildman–Crippen LogP) is 2.88. The van der Waals surface area contributed by atoms with E-state index >= 15 is 0 Å². The first-order chi connectivity index (χ1) is 18.6. The SMILES string of the molecule is O=C(Cc1ccccc1)Nc1cc(C(=O)N2CCNCC2)ccc1N1CCN(C(=O)c2ccccc2)CC1. The Morgan fingerprint density at radius 1 is 0.684 bits per heavy atom. The second-order valence-electron chi connectivity index (χ2n) is 9.63. The first kappa shape index (κ1) is 25.5. The molecule has 2 fully saturated rings. The molecule has 2 aliphatic heterocycles. The Labute approximate surface area is 223 Å². The van der Waals surface area contributed by atoms with Crippen molar-refractivity contribution in [3.05, 3.63) is 95.6 Å². The summed E-state index contributed by atoms with van der Waals surface area (Å²) in [5.74, 6) is -0.143. The standard InChI is InChI=1S/C30H33N5O3/c36-28(21-23-7-3-1-4-8-23)32-26-22-25(30(38)34-15-13-31-14-16-34)11-12-27(26)33-17-19-35(20-18-33)29(37)24-9-5-2-6-10-24/h1-12,22,31H,13-21H2,(H,32,36). The van der Waals surface area contributed by atoms with E-state index in [1.54, 1.807) is 6.07 Å². The molecule has 8 nitrogen and oxygen atoms in total. The lowest BCUT2D eigenvalue weighted by Crippen LogP contribution is -2.49. The number of nitrogens with zero attached hydrogens (tertiary/aromatic N) is 3. The van der Waals surface area contributed by atoms with Crippen LogP contribution in [-0.2, 0) is 11.2 Å². The van der Waals surface area contributed by atoms with Gasteiger partial charge in [0, 0.05) is 63.5 Å².